The minimum atomic E-state index is -3.57. The lowest BCUT2D eigenvalue weighted by Crippen LogP contribution is -2.46. The molecular weight excluding hydrogens is 352 g/mol. The van der Waals surface area contributed by atoms with Gasteiger partial charge in [0.05, 0.1) is 24.2 Å². The van der Waals surface area contributed by atoms with E-state index in [1.165, 1.54) is 4.31 Å². The first-order valence-corrected chi connectivity index (χ1v) is 11.1. The van der Waals surface area contributed by atoms with Crippen LogP contribution in [0.15, 0.2) is 24.3 Å². The van der Waals surface area contributed by atoms with E-state index in [1.807, 2.05) is 26.0 Å². The molecule has 0 radical (unpaired) electrons. The van der Waals surface area contributed by atoms with Crippen LogP contribution in [0.2, 0.25) is 0 Å². The molecule has 1 saturated heterocycles. The van der Waals surface area contributed by atoms with Gasteiger partial charge in [-0.1, -0.05) is 29.8 Å². The maximum Gasteiger partial charge on any atom is 0.215 e. The Morgan fingerprint density at radius 2 is 1.88 bits per heavy atom. The zero-order valence-corrected chi connectivity index (χ0v) is 15.6. The highest BCUT2D eigenvalue weighted by Gasteiger charge is 2.27. The van der Waals surface area contributed by atoms with Crippen molar-refractivity contribution in [2.45, 2.75) is 25.7 Å². The Hall–Kier alpha value is -1.00. The van der Waals surface area contributed by atoms with Gasteiger partial charge in [0.15, 0.2) is 0 Å². The third-order valence-electron chi connectivity index (χ3n) is 3.76. The van der Waals surface area contributed by atoms with E-state index in [2.05, 4.69) is 4.72 Å². The number of rotatable bonds is 7. The lowest BCUT2D eigenvalue weighted by Gasteiger charge is -2.30. The SMILES string of the molecule is Cc1ccc(CS(=O)(=O)NCCS(=O)(=O)N2CCOC(C)C2)cc1. The van der Waals surface area contributed by atoms with E-state index in [4.69, 9.17) is 4.74 Å². The Kier molecular flexibility index (Phi) is 6.38. The molecular formula is C15H24N2O5S2. The van der Waals surface area contributed by atoms with Gasteiger partial charge >= 0.3 is 0 Å². The van der Waals surface area contributed by atoms with Crippen LogP contribution in [0, 0.1) is 6.92 Å². The molecule has 1 aliphatic heterocycles. The Balaban J connectivity index is 1.86. The van der Waals surface area contributed by atoms with Gasteiger partial charge in [0, 0.05) is 19.6 Å². The highest BCUT2D eigenvalue weighted by molar-refractivity contribution is 7.89. The molecule has 1 heterocycles. The van der Waals surface area contributed by atoms with Crippen LogP contribution in [0.5, 0.6) is 0 Å². The lowest BCUT2D eigenvalue weighted by atomic mass is 10.2. The Morgan fingerprint density at radius 3 is 2.50 bits per heavy atom. The zero-order chi connectivity index (χ0) is 17.8. The highest BCUT2D eigenvalue weighted by atomic mass is 32.2. The summed E-state index contributed by atoms with van der Waals surface area (Å²) in [4.78, 5) is 0. The van der Waals surface area contributed by atoms with Crippen LogP contribution in [0.25, 0.3) is 0 Å². The standard InChI is InChI=1S/C15H24N2O5S2/c1-13-3-5-15(6-4-13)12-23(18,19)16-7-10-24(20,21)17-8-9-22-14(2)11-17/h3-6,14,16H,7-12H2,1-2H3. The molecule has 0 aliphatic carbocycles. The Labute approximate surface area is 144 Å². The molecule has 136 valence electrons. The molecule has 0 amide bonds. The van der Waals surface area contributed by atoms with Gasteiger partial charge in [-0.3, -0.25) is 0 Å². The average molecular weight is 377 g/mol. The fourth-order valence-corrected chi connectivity index (χ4v) is 5.13. The van der Waals surface area contributed by atoms with E-state index >= 15 is 0 Å². The van der Waals surface area contributed by atoms with Crippen LogP contribution in [0.4, 0.5) is 0 Å². The van der Waals surface area contributed by atoms with Crippen LogP contribution in [0.1, 0.15) is 18.1 Å². The quantitative estimate of drug-likeness (QED) is 0.746. The van der Waals surface area contributed by atoms with Crippen molar-refractivity contribution < 1.29 is 21.6 Å². The number of nitrogens with zero attached hydrogens (tertiary/aromatic N) is 1. The molecule has 1 aliphatic rings. The monoisotopic (exact) mass is 376 g/mol. The van der Waals surface area contributed by atoms with Gasteiger partial charge in [0.2, 0.25) is 20.0 Å². The second-order valence-electron chi connectivity index (χ2n) is 5.99. The number of hydrogen-bond donors (Lipinski definition) is 1. The molecule has 0 spiro atoms. The van der Waals surface area contributed by atoms with E-state index in [0.717, 1.165) is 5.56 Å². The summed E-state index contributed by atoms with van der Waals surface area (Å²) in [7, 11) is -7.06. The van der Waals surface area contributed by atoms with E-state index in [1.54, 1.807) is 12.1 Å². The summed E-state index contributed by atoms with van der Waals surface area (Å²) >= 11 is 0. The zero-order valence-electron chi connectivity index (χ0n) is 13.9. The third kappa shape index (κ3) is 5.82. The molecule has 0 bridgehead atoms. The first-order chi connectivity index (χ1) is 11.2. The fraction of sp³-hybridized carbons (Fsp3) is 0.600. The van der Waals surface area contributed by atoms with Crippen molar-refractivity contribution in [1.82, 2.24) is 9.03 Å². The van der Waals surface area contributed by atoms with Gasteiger partial charge in [-0.2, -0.15) is 4.31 Å². The number of hydrogen-bond acceptors (Lipinski definition) is 5. The predicted octanol–water partition coefficient (Wildman–Crippen LogP) is 0.465. The Bertz CT molecular complexity index is 745. The molecule has 1 fully saturated rings. The van der Waals surface area contributed by atoms with E-state index < -0.39 is 20.0 Å². The summed E-state index contributed by atoms with van der Waals surface area (Å²) in [6.07, 6.45) is -0.147. The van der Waals surface area contributed by atoms with Crippen LogP contribution in [0.3, 0.4) is 0 Å². The van der Waals surface area contributed by atoms with E-state index in [0.29, 0.717) is 25.3 Å². The summed E-state index contributed by atoms with van der Waals surface area (Å²) in [6, 6.07) is 7.19. The highest BCUT2D eigenvalue weighted by Crippen LogP contribution is 2.10. The fourth-order valence-electron chi connectivity index (χ4n) is 2.45. The summed E-state index contributed by atoms with van der Waals surface area (Å²) in [5, 5.41) is 0. The van der Waals surface area contributed by atoms with Crippen LogP contribution in [-0.2, 0) is 30.5 Å². The first-order valence-electron chi connectivity index (χ1n) is 7.80. The van der Waals surface area contributed by atoms with Gasteiger partial charge < -0.3 is 4.74 Å². The molecule has 24 heavy (non-hydrogen) atoms. The number of morpholine rings is 1. The van der Waals surface area contributed by atoms with Crippen molar-refractivity contribution in [1.29, 1.82) is 0 Å². The number of benzene rings is 1. The predicted molar refractivity (Wildman–Crippen MR) is 92.6 cm³/mol. The summed E-state index contributed by atoms with van der Waals surface area (Å²) in [6.45, 7) is 4.57. The van der Waals surface area contributed by atoms with Crippen LogP contribution >= 0.6 is 0 Å². The van der Waals surface area contributed by atoms with Gasteiger partial charge in [-0.15, -0.1) is 0 Å². The number of nitrogens with one attached hydrogen (secondary N) is 1. The third-order valence-corrected chi connectivity index (χ3v) is 6.95. The molecule has 0 saturated carbocycles. The molecule has 9 heteroatoms. The van der Waals surface area contributed by atoms with Gasteiger partial charge in [-0.25, -0.2) is 21.6 Å². The van der Waals surface area contributed by atoms with Crippen molar-refractivity contribution in [3.05, 3.63) is 35.4 Å². The second-order valence-corrected chi connectivity index (χ2v) is 9.89. The summed E-state index contributed by atoms with van der Waals surface area (Å²) in [5.41, 5.74) is 1.72. The maximum atomic E-state index is 12.2. The number of ether oxygens (including phenoxy) is 1. The minimum absolute atomic E-state index is 0.137. The topological polar surface area (TPSA) is 92.8 Å². The van der Waals surface area contributed by atoms with Crippen molar-refractivity contribution in [2.24, 2.45) is 0 Å². The molecule has 2 rings (SSSR count). The van der Waals surface area contributed by atoms with Crippen molar-refractivity contribution in [2.75, 3.05) is 32.0 Å². The second kappa shape index (κ2) is 7.92. The Morgan fingerprint density at radius 1 is 1.21 bits per heavy atom. The maximum absolute atomic E-state index is 12.2. The first kappa shape index (κ1) is 19.3. The van der Waals surface area contributed by atoms with E-state index in [9.17, 15) is 16.8 Å². The number of sulfonamides is 2. The van der Waals surface area contributed by atoms with Gasteiger partial charge in [0.25, 0.3) is 0 Å². The van der Waals surface area contributed by atoms with Crippen molar-refractivity contribution in [3.63, 3.8) is 0 Å². The van der Waals surface area contributed by atoms with E-state index in [-0.39, 0.29) is 24.2 Å². The smallest absolute Gasteiger partial charge is 0.215 e. The van der Waals surface area contributed by atoms with Crippen LogP contribution in [-0.4, -0.2) is 59.2 Å². The van der Waals surface area contributed by atoms with Gasteiger partial charge in [0.1, 0.15) is 0 Å². The molecule has 1 N–H and O–H groups in total. The molecule has 1 atom stereocenters. The average Bonchev–Trinajstić information content (AvgIpc) is 2.49. The molecule has 1 unspecified atom stereocenters. The van der Waals surface area contributed by atoms with Crippen molar-refractivity contribution >= 4 is 20.0 Å². The normalized spacial score (nSPS) is 20.2. The largest absolute Gasteiger partial charge is 0.376 e. The molecule has 7 nitrogen and oxygen atoms in total. The minimum Gasteiger partial charge on any atom is -0.376 e. The van der Waals surface area contributed by atoms with Crippen molar-refractivity contribution in [3.8, 4) is 0 Å². The summed E-state index contributed by atoms with van der Waals surface area (Å²) < 4.78 is 57.7. The molecule has 1 aromatic carbocycles. The van der Waals surface area contributed by atoms with Gasteiger partial charge in [-0.05, 0) is 19.4 Å². The van der Waals surface area contributed by atoms with Crippen LogP contribution < -0.4 is 4.72 Å². The lowest BCUT2D eigenvalue weighted by molar-refractivity contribution is 0.0102. The summed E-state index contributed by atoms with van der Waals surface area (Å²) in [5.74, 6) is -0.422. The molecule has 1 aromatic rings. The number of aryl methyl sites for hydroxylation is 1. The molecule has 0 aromatic heterocycles.